The minimum absolute atomic E-state index is 0.0762. The molecule has 1 saturated carbocycles. The first-order valence-electron chi connectivity index (χ1n) is 7.38. The number of nitrogens with one attached hydrogen (secondary N) is 1. The van der Waals surface area contributed by atoms with Gasteiger partial charge in [-0.15, -0.1) is 0 Å². The molecule has 3 atom stereocenters. The molecule has 1 aliphatic carbocycles. The Bertz CT molecular complexity index is 427. The summed E-state index contributed by atoms with van der Waals surface area (Å²) in [5.74, 6) is 0.639. The predicted molar refractivity (Wildman–Crippen MR) is 78.5 cm³/mol. The van der Waals surface area contributed by atoms with Crippen LogP contribution in [-0.4, -0.2) is 6.04 Å². The third-order valence-corrected chi connectivity index (χ3v) is 4.24. The Morgan fingerprint density at radius 3 is 2.58 bits per heavy atom. The van der Waals surface area contributed by atoms with Gasteiger partial charge in [-0.05, 0) is 43.6 Å². The van der Waals surface area contributed by atoms with E-state index in [1.165, 1.54) is 19.3 Å². The minimum Gasteiger partial charge on any atom is -0.307 e. The van der Waals surface area contributed by atoms with Crippen molar-refractivity contribution in [3.8, 4) is 0 Å². The van der Waals surface area contributed by atoms with E-state index in [-0.39, 0.29) is 11.9 Å². The van der Waals surface area contributed by atoms with E-state index in [0.717, 1.165) is 11.5 Å². The van der Waals surface area contributed by atoms with Crippen molar-refractivity contribution in [1.29, 1.82) is 0 Å². The van der Waals surface area contributed by atoms with Crippen molar-refractivity contribution >= 4 is 0 Å². The lowest BCUT2D eigenvalue weighted by molar-refractivity contribution is 0.145. The average Bonchev–Trinajstić information content (AvgIpc) is 2.26. The standard InChI is InChI=1S/C17H26FN/c1-12-9-14(11-17(3,4)10-12)19-13(2)15-7-5-6-8-16(15)18/h5-8,12-14,19H,9-11H2,1-4H3/t12?,13-,14?/m1/s1. The zero-order valence-corrected chi connectivity index (χ0v) is 12.5. The van der Waals surface area contributed by atoms with Crippen LogP contribution < -0.4 is 5.32 Å². The van der Waals surface area contributed by atoms with Gasteiger partial charge in [0.25, 0.3) is 0 Å². The largest absolute Gasteiger partial charge is 0.307 e. The maximum atomic E-state index is 13.8. The topological polar surface area (TPSA) is 12.0 Å². The molecule has 1 aliphatic rings. The summed E-state index contributed by atoms with van der Waals surface area (Å²) < 4.78 is 13.8. The summed E-state index contributed by atoms with van der Waals surface area (Å²) in [5, 5.41) is 3.62. The van der Waals surface area contributed by atoms with E-state index in [1.54, 1.807) is 12.1 Å². The van der Waals surface area contributed by atoms with Crippen molar-refractivity contribution in [3.63, 3.8) is 0 Å². The molecule has 1 fully saturated rings. The first-order chi connectivity index (χ1) is 8.87. The second kappa shape index (κ2) is 5.62. The summed E-state index contributed by atoms with van der Waals surface area (Å²) in [6.07, 6.45) is 3.66. The van der Waals surface area contributed by atoms with Gasteiger partial charge in [0.15, 0.2) is 0 Å². The Hall–Kier alpha value is -0.890. The molecule has 1 nitrogen and oxygen atoms in total. The fourth-order valence-electron chi connectivity index (χ4n) is 3.74. The van der Waals surface area contributed by atoms with Crippen LogP contribution in [-0.2, 0) is 0 Å². The van der Waals surface area contributed by atoms with Gasteiger partial charge in [-0.3, -0.25) is 0 Å². The van der Waals surface area contributed by atoms with Crippen LogP contribution >= 0.6 is 0 Å². The SMILES string of the molecule is CC1CC(N[C@H](C)c2ccccc2F)CC(C)(C)C1. The van der Waals surface area contributed by atoms with Gasteiger partial charge < -0.3 is 5.32 Å². The van der Waals surface area contributed by atoms with E-state index in [1.807, 2.05) is 12.1 Å². The van der Waals surface area contributed by atoms with Gasteiger partial charge in [-0.2, -0.15) is 0 Å². The molecule has 2 heteroatoms. The van der Waals surface area contributed by atoms with Gasteiger partial charge in [-0.25, -0.2) is 4.39 Å². The van der Waals surface area contributed by atoms with Gasteiger partial charge >= 0.3 is 0 Å². The van der Waals surface area contributed by atoms with Crippen molar-refractivity contribution in [1.82, 2.24) is 5.32 Å². The highest BCUT2D eigenvalue weighted by atomic mass is 19.1. The first-order valence-corrected chi connectivity index (χ1v) is 7.38. The van der Waals surface area contributed by atoms with Gasteiger partial charge in [-0.1, -0.05) is 39.0 Å². The summed E-state index contributed by atoms with van der Waals surface area (Å²) in [7, 11) is 0. The Labute approximate surface area is 116 Å². The summed E-state index contributed by atoms with van der Waals surface area (Å²) in [6, 6.07) is 7.65. The molecule has 1 N–H and O–H groups in total. The summed E-state index contributed by atoms with van der Waals surface area (Å²) in [4.78, 5) is 0. The molecule has 2 rings (SSSR count). The molecular weight excluding hydrogens is 237 g/mol. The second-order valence-corrected chi connectivity index (χ2v) is 7.02. The molecular formula is C17H26FN. The molecule has 0 amide bonds. The van der Waals surface area contributed by atoms with Crippen LogP contribution in [0, 0.1) is 17.2 Å². The molecule has 2 unspecified atom stereocenters. The first kappa shape index (κ1) is 14.5. The summed E-state index contributed by atoms with van der Waals surface area (Å²) in [5.41, 5.74) is 1.17. The second-order valence-electron chi connectivity index (χ2n) is 7.02. The van der Waals surface area contributed by atoms with Crippen LogP contribution in [0.25, 0.3) is 0 Å². The smallest absolute Gasteiger partial charge is 0.127 e. The van der Waals surface area contributed by atoms with Crippen LogP contribution in [0.2, 0.25) is 0 Å². The van der Waals surface area contributed by atoms with Crippen LogP contribution in [0.15, 0.2) is 24.3 Å². The number of benzene rings is 1. The van der Waals surface area contributed by atoms with Crippen LogP contribution in [0.1, 0.15) is 58.6 Å². The highest BCUT2D eigenvalue weighted by molar-refractivity contribution is 5.20. The zero-order chi connectivity index (χ0) is 14.0. The molecule has 1 aromatic carbocycles. The average molecular weight is 263 g/mol. The fourth-order valence-corrected chi connectivity index (χ4v) is 3.74. The normalized spacial score (nSPS) is 28.1. The number of hydrogen-bond acceptors (Lipinski definition) is 1. The van der Waals surface area contributed by atoms with Gasteiger partial charge in [0.1, 0.15) is 5.82 Å². The Balaban J connectivity index is 2.03. The van der Waals surface area contributed by atoms with E-state index >= 15 is 0 Å². The van der Waals surface area contributed by atoms with E-state index in [4.69, 9.17) is 0 Å². The van der Waals surface area contributed by atoms with E-state index in [9.17, 15) is 4.39 Å². The third-order valence-electron chi connectivity index (χ3n) is 4.24. The third kappa shape index (κ3) is 3.79. The molecule has 0 saturated heterocycles. The summed E-state index contributed by atoms with van der Waals surface area (Å²) in [6.45, 7) is 9.06. The Morgan fingerprint density at radius 1 is 1.26 bits per heavy atom. The molecule has 0 radical (unpaired) electrons. The van der Waals surface area contributed by atoms with E-state index in [0.29, 0.717) is 11.5 Å². The zero-order valence-electron chi connectivity index (χ0n) is 12.5. The lowest BCUT2D eigenvalue weighted by Crippen LogP contribution is -2.41. The Kier molecular flexibility index (Phi) is 4.29. The van der Waals surface area contributed by atoms with Crippen molar-refractivity contribution < 1.29 is 4.39 Å². The number of halogens is 1. The number of hydrogen-bond donors (Lipinski definition) is 1. The van der Waals surface area contributed by atoms with Gasteiger partial charge in [0, 0.05) is 17.6 Å². The number of rotatable bonds is 3. The molecule has 0 heterocycles. The maximum Gasteiger partial charge on any atom is 0.127 e. The van der Waals surface area contributed by atoms with Crippen molar-refractivity contribution in [3.05, 3.63) is 35.6 Å². The van der Waals surface area contributed by atoms with Crippen molar-refractivity contribution in [2.45, 2.75) is 59.0 Å². The van der Waals surface area contributed by atoms with Gasteiger partial charge in [0.2, 0.25) is 0 Å². The molecule has 106 valence electrons. The maximum absolute atomic E-state index is 13.8. The summed E-state index contributed by atoms with van der Waals surface area (Å²) >= 11 is 0. The van der Waals surface area contributed by atoms with Crippen molar-refractivity contribution in [2.75, 3.05) is 0 Å². The molecule has 0 aromatic heterocycles. The quantitative estimate of drug-likeness (QED) is 0.834. The Morgan fingerprint density at radius 2 is 1.95 bits per heavy atom. The molecule has 0 spiro atoms. The lowest BCUT2D eigenvalue weighted by atomic mass is 9.70. The predicted octanol–water partition coefficient (Wildman–Crippen LogP) is 4.69. The lowest BCUT2D eigenvalue weighted by Gasteiger charge is -2.40. The van der Waals surface area contributed by atoms with Gasteiger partial charge in [0.05, 0.1) is 0 Å². The minimum atomic E-state index is -0.106. The van der Waals surface area contributed by atoms with Crippen LogP contribution in [0.5, 0.6) is 0 Å². The molecule has 0 bridgehead atoms. The van der Waals surface area contributed by atoms with Crippen LogP contribution in [0.4, 0.5) is 4.39 Å². The molecule has 1 aromatic rings. The highest BCUT2D eigenvalue weighted by Crippen LogP contribution is 2.39. The van der Waals surface area contributed by atoms with E-state index < -0.39 is 0 Å². The van der Waals surface area contributed by atoms with Crippen LogP contribution in [0.3, 0.4) is 0 Å². The fraction of sp³-hybridized carbons (Fsp3) is 0.647. The monoisotopic (exact) mass is 263 g/mol. The van der Waals surface area contributed by atoms with E-state index in [2.05, 4.69) is 33.0 Å². The molecule has 19 heavy (non-hydrogen) atoms. The highest BCUT2D eigenvalue weighted by Gasteiger charge is 2.32. The van der Waals surface area contributed by atoms with Crippen molar-refractivity contribution in [2.24, 2.45) is 11.3 Å². The molecule has 0 aliphatic heterocycles.